The minimum atomic E-state index is -4.99. The Morgan fingerprint density at radius 2 is 2.10 bits per heavy atom. The molecule has 13 heteroatoms. The molecule has 21 heavy (non-hydrogen) atoms. The zero-order valence-electron chi connectivity index (χ0n) is 10.8. The van der Waals surface area contributed by atoms with Crippen LogP contribution in [0.4, 0.5) is 0 Å². The van der Waals surface area contributed by atoms with Crippen LogP contribution >= 0.6 is 7.82 Å². The van der Waals surface area contributed by atoms with Crippen molar-refractivity contribution < 1.29 is 38.6 Å². The number of hydrogen-bond donors (Lipinski definition) is 5. The highest BCUT2D eigenvalue weighted by Crippen LogP contribution is 2.40. The minimum Gasteiger partial charge on any atom is -0.388 e. The van der Waals surface area contributed by atoms with Crippen LogP contribution in [0.25, 0.3) is 10.4 Å². The monoisotopic (exact) mass is 326 g/mol. The molecule has 1 aliphatic rings. The van der Waals surface area contributed by atoms with Crippen molar-refractivity contribution in [1.29, 1.82) is 0 Å². The van der Waals surface area contributed by atoms with Crippen LogP contribution in [0.2, 0.25) is 0 Å². The summed E-state index contributed by atoms with van der Waals surface area (Å²) in [6, 6.07) is -1.41. The van der Waals surface area contributed by atoms with Gasteiger partial charge in [-0.1, -0.05) is 5.11 Å². The van der Waals surface area contributed by atoms with Crippen LogP contribution in [-0.4, -0.2) is 63.1 Å². The first-order chi connectivity index (χ1) is 9.65. The van der Waals surface area contributed by atoms with Crippen molar-refractivity contribution in [3.05, 3.63) is 10.4 Å². The molecule has 1 heterocycles. The summed E-state index contributed by atoms with van der Waals surface area (Å²) in [7, 11) is -4.99. The standard InChI is InChI=1S/C8H15N4O8P/c1-3(13)11-5-7(15)6(14)4(2-10-12-9)19-8(5)20-21(16,17)18/h4-8,14-15H,2H2,1H3,(H,11,13)(H2,16,17,18)/t4-,5-,6-,7-,8?/m1/s1. The zero-order valence-corrected chi connectivity index (χ0v) is 11.7. The van der Waals surface area contributed by atoms with Gasteiger partial charge < -0.3 is 30.1 Å². The Bertz CT molecular complexity index is 477. The first-order valence-corrected chi connectivity index (χ1v) is 7.22. The summed E-state index contributed by atoms with van der Waals surface area (Å²) in [5, 5.41) is 25.0. The number of aliphatic hydroxyl groups excluding tert-OH is 2. The van der Waals surface area contributed by atoms with E-state index in [9.17, 15) is 19.6 Å². The van der Waals surface area contributed by atoms with E-state index < -0.39 is 50.9 Å². The van der Waals surface area contributed by atoms with E-state index in [1.165, 1.54) is 0 Å². The van der Waals surface area contributed by atoms with Gasteiger partial charge in [0.05, 0.1) is 12.6 Å². The number of carbonyl (C=O) groups is 1. The average Bonchev–Trinajstić information content (AvgIpc) is 2.34. The lowest BCUT2D eigenvalue weighted by Crippen LogP contribution is -2.64. The van der Waals surface area contributed by atoms with Crippen molar-refractivity contribution in [1.82, 2.24) is 5.32 Å². The molecular weight excluding hydrogens is 311 g/mol. The Labute approximate surface area is 118 Å². The summed E-state index contributed by atoms with van der Waals surface area (Å²) in [4.78, 5) is 31.1. The van der Waals surface area contributed by atoms with Gasteiger partial charge in [0, 0.05) is 11.8 Å². The fourth-order valence-electron chi connectivity index (χ4n) is 1.81. The second-order valence-electron chi connectivity index (χ2n) is 4.26. The third-order valence-electron chi connectivity index (χ3n) is 2.64. The van der Waals surface area contributed by atoms with E-state index in [-0.39, 0.29) is 0 Å². The zero-order chi connectivity index (χ0) is 16.2. The van der Waals surface area contributed by atoms with Gasteiger partial charge in [-0.15, -0.1) is 0 Å². The predicted octanol–water partition coefficient (Wildman–Crippen LogP) is -1.64. The predicted molar refractivity (Wildman–Crippen MR) is 65.4 cm³/mol. The van der Waals surface area contributed by atoms with Crippen molar-refractivity contribution >= 4 is 13.7 Å². The van der Waals surface area contributed by atoms with Crippen LogP contribution in [0.3, 0.4) is 0 Å². The Morgan fingerprint density at radius 1 is 1.48 bits per heavy atom. The van der Waals surface area contributed by atoms with Crippen molar-refractivity contribution in [2.75, 3.05) is 6.54 Å². The van der Waals surface area contributed by atoms with E-state index in [0.717, 1.165) is 6.92 Å². The molecule has 1 rings (SSSR count). The molecule has 0 aromatic heterocycles. The Hall–Kier alpha value is -1.23. The van der Waals surface area contributed by atoms with Gasteiger partial charge >= 0.3 is 7.82 Å². The molecule has 0 saturated carbocycles. The maximum atomic E-state index is 11.1. The van der Waals surface area contributed by atoms with Gasteiger partial charge in [0.25, 0.3) is 0 Å². The molecule has 0 aromatic carbocycles. The SMILES string of the molecule is CC(=O)N[C@H]1C(OP(=O)(O)O)O[C@H](CN=[N+]=[N-])[C@@H](O)[C@@H]1O. The summed E-state index contributed by atoms with van der Waals surface area (Å²) in [5.41, 5.74) is 8.22. The average molecular weight is 326 g/mol. The number of aliphatic hydroxyl groups is 2. The summed E-state index contributed by atoms with van der Waals surface area (Å²) in [6.45, 7) is 0.697. The van der Waals surface area contributed by atoms with Gasteiger partial charge in [0.1, 0.15) is 18.2 Å². The first kappa shape index (κ1) is 17.8. The second-order valence-corrected chi connectivity index (χ2v) is 5.45. The molecule has 0 spiro atoms. The molecule has 1 unspecified atom stereocenters. The molecule has 120 valence electrons. The molecule has 0 bridgehead atoms. The van der Waals surface area contributed by atoms with Crippen LogP contribution in [0.1, 0.15) is 6.92 Å². The highest BCUT2D eigenvalue weighted by Gasteiger charge is 2.47. The lowest BCUT2D eigenvalue weighted by Gasteiger charge is -2.42. The van der Waals surface area contributed by atoms with E-state index in [1.807, 2.05) is 0 Å². The fraction of sp³-hybridized carbons (Fsp3) is 0.875. The normalized spacial score (nSPS) is 33.1. The van der Waals surface area contributed by atoms with Crippen LogP contribution in [0.15, 0.2) is 5.11 Å². The topological polar surface area (TPSA) is 194 Å². The van der Waals surface area contributed by atoms with Crippen LogP contribution in [-0.2, 0) is 18.6 Å². The molecule has 5 atom stereocenters. The summed E-state index contributed by atoms with van der Waals surface area (Å²) in [6.07, 6.45) is -6.17. The van der Waals surface area contributed by atoms with Gasteiger partial charge in [0.15, 0.2) is 6.29 Å². The van der Waals surface area contributed by atoms with Crippen molar-refractivity contribution in [3.8, 4) is 0 Å². The molecule has 1 saturated heterocycles. The summed E-state index contributed by atoms with van der Waals surface area (Å²) < 4.78 is 20.3. The molecule has 1 amide bonds. The van der Waals surface area contributed by atoms with Crippen LogP contribution < -0.4 is 5.32 Å². The van der Waals surface area contributed by atoms with Crippen molar-refractivity contribution in [3.63, 3.8) is 0 Å². The van der Waals surface area contributed by atoms with Crippen LogP contribution in [0, 0.1) is 0 Å². The number of ether oxygens (including phenoxy) is 1. The maximum Gasteiger partial charge on any atom is 0.472 e. The summed E-state index contributed by atoms with van der Waals surface area (Å²) >= 11 is 0. The van der Waals surface area contributed by atoms with Gasteiger partial charge in [-0.05, 0) is 5.53 Å². The smallest absolute Gasteiger partial charge is 0.388 e. The molecule has 0 radical (unpaired) electrons. The van der Waals surface area contributed by atoms with Gasteiger partial charge in [-0.25, -0.2) is 4.57 Å². The number of phosphoric ester groups is 1. The fourth-order valence-corrected chi connectivity index (χ4v) is 2.26. The lowest BCUT2D eigenvalue weighted by molar-refractivity contribution is -0.238. The number of nitrogens with one attached hydrogen (secondary N) is 1. The number of nitrogens with zero attached hydrogens (tertiary/aromatic N) is 3. The van der Waals surface area contributed by atoms with Crippen molar-refractivity contribution in [2.45, 2.75) is 37.6 Å². The van der Waals surface area contributed by atoms with E-state index >= 15 is 0 Å². The lowest BCUT2D eigenvalue weighted by atomic mass is 9.97. The number of carbonyl (C=O) groups excluding carboxylic acids is 1. The van der Waals surface area contributed by atoms with Crippen LogP contribution in [0.5, 0.6) is 0 Å². The van der Waals surface area contributed by atoms with E-state index in [2.05, 4.69) is 19.9 Å². The molecule has 1 aliphatic heterocycles. The molecule has 0 aromatic rings. The third-order valence-corrected chi connectivity index (χ3v) is 3.12. The molecular formula is C8H15N4O8P. The molecule has 1 fully saturated rings. The van der Waals surface area contributed by atoms with E-state index in [1.54, 1.807) is 0 Å². The largest absolute Gasteiger partial charge is 0.472 e. The number of hydrogen-bond acceptors (Lipinski definition) is 7. The maximum absolute atomic E-state index is 11.1. The highest BCUT2D eigenvalue weighted by atomic mass is 31.2. The molecule has 12 nitrogen and oxygen atoms in total. The minimum absolute atomic E-state index is 0.400. The Morgan fingerprint density at radius 3 is 2.57 bits per heavy atom. The number of rotatable bonds is 5. The molecule has 5 N–H and O–H groups in total. The van der Waals surface area contributed by atoms with Gasteiger partial charge in [-0.3, -0.25) is 9.32 Å². The quantitative estimate of drug-likeness (QED) is 0.171. The first-order valence-electron chi connectivity index (χ1n) is 5.69. The van der Waals surface area contributed by atoms with Gasteiger partial charge in [0.2, 0.25) is 5.91 Å². The Balaban J connectivity index is 2.97. The third kappa shape index (κ3) is 5.23. The van der Waals surface area contributed by atoms with E-state index in [4.69, 9.17) is 20.1 Å². The summed E-state index contributed by atoms with van der Waals surface area (Å²) in [5.74, 6) is -0.636. The highest BCUT2D eigenvalue weighted by molar-refractivity contribution is 7.46. The Kier molecular flexibility index (Phi) is 6.08. The molecule has 0 aliphatic carbocycles. The number of amides is 1. The van der Waals surface area contributed by atoms with Gasteiger partial charge in [-0.2, -0.15) is 0 Å². The van der Waals surface area contributed by atoms with E-state index in [0.29, 0.717) is 0 Å². The number of phosphoric acid groups is 1. The van der Waals surface area contributed by atoms with Crippen molar-refractivity contribution in [2.24, 2.45) is 5.11 Å². The second kappa shape index (κ2) is 7.16. The number of azide groups is 1.